The van der Waals surface area contributed by atoms with E-state index in [4.69, 9.17) is 20.1 Å². The first-order chi connectivity index (χ1) is 18.8. The molecular formula is C32H62O6S. The van der Waals surface area contributed by atoms with E-state index in [2.05, 4.69) is 6.92 Å². The van der Waals surface area contributed by atoms with Gasteiger partial charge in [-0.1, -0.05) is 103 Å². The van der Waals surface area contributed by atoms with Gasteiger partial charge >= 0.3 is 11.9 Å². The number of ether oxygens (including phenoxy) is 1. The lowest BCUT2D eigenvalue weighted by atomic mass is 9.83. The molecular weight excluding hydrogens is 512 g/mol. The smallest absolute Gasteiger partial charge is 0.318 e. The second-order valence-electron chi connectivity index (χ2n) is 11.5. The Labute approximate surface area is 244 Å². The van der Waals surface area contributed by atoms with Gasteiger partial charge in [0.05, 0.1) is 6.61 Å². The number of carboxylic acid groups (broad SMARTS) is 1. The minimum Gasteiger partial charge on any atom is -0.480 e. The van der Waals surface area contributed by atoms with E-state index in [1.165, 1.54) is 89.9 Å². The lowest BCUT2D eigenvalue weighted by molar-refractivity contribution is -0.142. The first-order valence-electron chi connectivity index (χ1n) is 16.1. The average Bonchev–Trinajstić information content (AvgIpc) is 2.94. The molecule has 1 aliphatic carbocycles. The van der Waals surface area contributed by atoms with Crippen LogP contribution in [0.5, 0.6) is 0 Å². The second kappa shape index (κ2) is 27.4. The topological polar surface area (TPSA) is 104 Å². The molecule has 1 rings (SSSR count). The predicted octanol–water partition coefficient (Wildman–Crippen LogP) is 8.16. The Kier molecular flexibility index (Phi) is 26.8. The van der Waals surface area contributed by atoms with Gasteiger partial charge in [-0.2, -0.15) is 0 Å². The molecule has 0 saturated heterocycles. The molecule has 0 aliphatic heterocycles. The molecule has 1 saturated carbocycles. The molecule has 1 aliphatic rings. The van der Waals surface area contributed by atoms with Crippen LogP contribution in [0.4, 0.5) is 0 Å². The summed E-state index contributed by atoms with van der Waals surface area (Å²) in [4.78, 5) is 22.6. The van der Waals surface area contributed by atoms with Crippen molar-refractivity contribution in [3.05, 3.63) is 0 Å². The maximum atomic E-state index is 11.8. The molecule has 0 aromatic carbocycles. The molecule has 0 bridgehead atoms. The number of hydrogen-bond donors (Lipinski definition) is 3. The second-order valence-corrected chi connectivity index (χ2v) is 13.2. The molecule has 0 aromatic rings. The Balaban J connectivity index is 0.00000120. The van der Waals surface area contributed by atoms with Gasteiger partial charge in [0.15, 0.2) is 0 Å². The summed E-state index contributed by atoms with van der Waals surface area (Å²) in [6.45, 7) is 6.68. The van der Waals surface area contributed by atoms with E-state index in [1.54, 1.807) is 13.8 Å². The lowest BCUT2D eigenvalue weighted by Crippen LogP contribution is -2.23. The van der Waals surface area contributed by atoms with Crippen LogP contribution in [-0.4, -0.2) is 57.6 Å². The van der Waals surface area contributed by atoms with Gasteiger partial charge in [0.2, 0.25) is 0 Å². The Morgan fingerprint density at radius 1 is 0.667 bits per heavy atom. The summed E-state index contributed by atoms with van der Waals surface area (Å²) in [5.74, 6) is -0.165. The van der Waals surface area contributed by atoms with Crippen molar-refractivity contribution >= 4 is 23.7 Å². The third kappa shape index (κ3) is 23.6. The number of aliphatic hydroxyl groups is 2. The Morgan fingerprint density at radius 3 is 1.36 bits per heavy atom. The molecule has 0 radical (unpaired) electrons. The van der Waals surface area contributed by atoms with Crippen LogP contribution in [0.1, 0.15) is 149 Å². The molecule has 232 valence electrons. The fourth-order valence-corrected chi connectivity index (χ4v) is 5.86. The van der Waals surface area contributed by atoms with Gasteiger partial charge in [0.25, 0.3) is 0 Å². The fraction of sp³-hybridized carbons (Fsp3) is 0.938. The van der Waals surface area contributed by atoms with Crippen molar-refractivity contribution in [2.45, 2.75) is 160 Å². The van der Waals surface area contributed by atoms with E-state index in [-0.39, 0.29) is 5.97 Å². The summed E-state index contributed by atoms with van der Waals surface area (Å²) >= 11 is 1.13. The van der Waals surface area contributed by atoms with E-state index in [0.717, 1.165) is 50.3 Å². The quantitative estimate of drug-likeness (QED) is 0.0835. The zero-order chi connectivity index (χ0) is 29.1. The number of carboxylic acids is 1. The maximum absolute atomic E-state index is 11.8. The van der Waals surface area contributed by atoms with Gasteiger partial charge in [-0.3, -0.25) is 9.59 Å². The number of unbranched alkanes of at least 4 members (excludes halogenated alkanes) is 15. The van der Waals surface area contributed by atoms with Crippen LogP contribution in [0, 0.1) is 11.8 Å². The summed E-state index contributed by atoms with van der Waals surface area (Å²) in [7, 11) is 0. The first kappa shape index (κ1) is 38.2. The van der Waals surface area contributed by atoms with E-state index in [0.29, 0.717) is 31.7 Å². The van der Waals surface area contributed by atoms with Gasteiger partial charge < -0.3 is 20.1 Å². The number of esters is 1. The van der Waals surface area contributed by atoms with Gasteiger partial charge in [-0.25, -0.2) is 0 Å². The number of carbonyl (C=O) groups is 2. The molecule has 0 amide bonds. The Bertz CT molecular complexity index is 553. The van der Waals surface area contributed by atoms with Gasteiger partial charge in [0, 0.05) is 13.2 Å². The van der Waals surface area contributed by atoms with Crippen molar-refractivity contribution < 1.29 is 29.6 Å². The number of aliphatic hydroxyl groups excluding tert-OH is 2. The van der Waals surface area contributed by atoms with Crippen LogP contribution in [0.25, 0.3) is 0 Å². The van der Waals surface area contributed by atoms with Crippen molar-refractivity contribution in [1.82, 2.24) is 0 Å². The average molecular weight is 575 g/mol. The number of hydrogen-bond acceptors (Lipinski definition) is 6. The summed E-state index contributed by atoms with van der Waals surface area (Å²) in [5, 5.41) is 25.4. The zero-order valence-corrected chi connectivity index (χ0v) is 26.4. The molecule has 0 heterocycles. The molecule has 1 fully saturated rings. The van der Waals surface area contributed by atoms with Crippen molar-refractivity contribution in [3.63, 3.8) is 0 Å². The summed E-state index contributed by atoms with van der Waals surface area (Å²) in [5.41, 5.74) is 0. The van der Waals surface area contributed by atoms with Crippen LogP contribution in [0.2, 0.25) is 0 Å². The van der Waals surface area contributed by atoms with Gasteiger partial charge in [-0.15, -0.1) is 11.8 Å². The van der Waals surface area contributed by atoms with Crippen LogP contribution in [0.15, 0.2) is 0 Å². The minimum absolute atomic E-state index is 0.302. The highest BCUT2D eigenvalue weighted by molar-refractivity contribution is 8.01. The minimum atomic E-state index is -0.896. The first-order valence-corrected chi connectivity index (χ1v) is 17.1. The van der Waals surface area contributed by atoms with Gasteiger partial charge in [0.1, 0.15) is 10.5 Å². The SMILES string of the molecule is CCCCCCCCCCCCCCCCCCOC(=O)C(C)SC(C)C(=O)O.OCC1CCC(CO)CC1. The number of rotatable bonds is 23. The van der Waals surface area contributed by atoms with Crippen LogP contribution >= 0.6 is 11.8 Å². The van der Waals surface area contributed by atoms with Crippen LogP contribution < -0.4 is 0 Å². The molecule has 0 spiro atoms. The van der Waals surface area contributed by atoms with Crippen LogP contribution in [-0.2, 0) is 14.3 Å². The van der Waals surface area contributed by atoms with E-state index in [9.17, 15) is 9.59 Å². The summed E-state index contributed by atoms with van der Waals surface area (Å²) in [6, 6.07) is 0. The Morgan fingerprint density at radius 2 is 1.03 bits per heavy atom. The van der Waals surface area contributed by atoms with Crippen LogP contribution in [0.3, 0.4) is 0 Å². The molecule has 0 aromatic heterocycles. The Hall–Kier alpha value is -0.790. The largest absolute Gasteiger partial charge is 0.480 e. The predicted molar refractivity (Wildman–Crippen MR) is 164 cm³/mol. The monoisotopic (exact) mass is 574 g/mol. The molecule has 2 atom stereocenters. The van der Waals surface area contributed by atoms with Crippen molar-refractivity contribution in [1.29, 1.82) is 0 Å². The highest BCUT2D eigenvalue weighted by Crippen LogP contribution is 2.27. The van der Waals surface area contributed by atoms with E-state index >= 15 is 0 Å². The summed E-state index contributed by atoms with van der Waals surface area (Å²) in [6.07, 6.45) is 25.5. The van der Waals surface area contributed by atoms with Crippen molar-refractivity contribution in [3.8, 4) is 0 Å². The molecule has 39 heavy (non-hydrogen) atoms. The number of thioether (sulfide) groups is 1. The number of carbonyl (C=O) groups excluding carboxylic acids is 1. The zero-order valence-electron chi connectivity index (χ0n) is 25.5. The molecule has 6 nitrogen and oxygen atoms in total. The van der Waals surface area contributed by atoms with Gasteiger partial charge in [-0.05, 0) is 57.8 Å². The van der Waals surface area contributed by atoms with Crippen molar-refractivity contribution in [2.75, 3.05) is 19.8 Å². The molecule has 7 heteroatoms. The highest BCUT2D eigenvalue weighted by atomic mass is 32.2. The fourth-order valence-electron chi connectivity index (χ4n) is 4.96. The van der Waals surface area contributed by atoms with Crippen molar-refractivity contribution in [2.24, 2.45) is 11.8 Å². The highest BCUT2D eigenvalue weighted by Gasteiger charge is 2.22. The molecule has 2 unspecified atom stereocenters. The third-order valence-corrected chi connectivity index (χ3v) is 9.02. The maximum Gasteiger partial charge on any atom is 0.318 e. The van der Waals surface area contributed by atoms with E-state index in [1.807, 2.05) is 0 Å². The summed E-state index contributed by atoms with van der Waals surface area (Å²) < 4.78 is 5.25. The number of aliphatic carboxylic acids is 1. The normalized spacial score (nSPS) is 18.6. The van der Waals surface area contributed by atoms with E-state index < -0.39 is 16.5 Å². The third-order valence-electron chi connectivity index (χ3n) is 7.81. The standard InChI is InChI=1S/C24H46O4S.C8H16O2/c1-4-5-6-7-8-9-10-11-12-13-14-15-16-17-18-19-20-28-24(27)22(3)29-21(2)23(25)26;9-5-7-1-2-8(6-10)4-3-7/h21-22H,4-20H2,1-3H3,(H,25,26);7-10H,1-6H2. The molecule has 3 N–H and O–H groups in total. The lowest BCUT2D eigenvalue weighted by Gasteiger charge is -2.25.